The summed E-state index contributed by atoms with van der Waals surface area (Å²) in [6.07, 6.45) is 0.558. The lowest BCUT2D eigenvalue weighted by molar-refractivity contribution is 0.0598. The van der Waals surface area contributed by atoms with Gasteiger partial charge in [0.05, 0.1) is 17.7 Å². The molecule has 0 aliphatic heterocycles. The van der Waals surface area contributed by atoms with Crippen molar-refractivity contribution >= 4 is 39.8 Å². The number of carbonyl (C=O) groups excluding carboxylic acids is 2. The number of esters is 1. The minimum Gasteiger partial charge on any atom is -0.465 e. The van der Waals surface area contributed by atoms with Crippen LogP contribution in [0.25, 0.3) is 0 Å². The molecule has 3 nitrogen and oxygen atoms in total. The lowest BCUT2D eigenvalue weighted by atomic mass is 10.1. The van der Waals surface area contributed by atoms with Crippen LogP contribution in [0, 0.1) is 0 Å². The van der Waals surface area contributed by atoms with Crippen LogP contribution in [0.5, 0.6) is 0 Å². The Morgan fingerprint density at radius 1 is 1.57 bits per heavy atom. The van der Waals surface area contributed by atoms with E-state index in [2.05, 4.69) is 20.7 Å². The summed E-state index contributed by atoms with van der Waals surface area (Å²) in [4.78, 5) is 21.9. The maximum Gasteiger partial charge on any atom is 0.340 e. The summed E-state index contributed by atoms with van der Waals surface area (Å²) in [5, 5.41) is 0.188. The van der Waals surface area contributed by atoms with Gasteiger partial charge in [-0.05, 0) is 12.1 Å². The quantitative estimate of drug-likeness (QED) is 0.616. The van der Waals surface area contributed by atoms with Gasteiger partial charge in [-0.25, -0.2) is 4.79 Å². The summed E-state index contributed by atoms with van der Waals surface area (Å²) >= 11 is 8.96. The van der Waals surface area contributed by atoms with Gasteiger partial charge in [-0.1, -0.05) is 27.5 Å². The highest BCUT2D eigenvalue weighted by atomic mass is 79.9. The Balaban J connectivity index is 3.39. The van der Waals surface area contributed by atoms with Crippen LogP contribution in [0.1, 0.15) is 20.7 Å². The zero-order valence-electron chi connectivity index (χ0n) is 7.21. The molecule has 0 saturated carbocycles. The van der Waals surface area contributed by atoms with Crippen molar-refractivity contribution in [1.29, 1.82) is 0 Å². The maximum atomic E-state index is 11.2. The second kappa shape index (κ2) is 4.57. The summed E-state index contributed by atoms with van der Waals surface area (Å²) < 4.78 is 5.14. The molecule has 0 aromatic heterocycles. The van der Waals surface area contributed by atoms with Crippen LogP contribution in [-0.4, -0.2) is 19.4 Å². The second-order valence-electron chi connectivity index (χ2n) is 2.46. The third kappa shape index (κ3) is 2.13. The molecule has 1 aromatic carbocycles. The third-order valence-corrected chi connectivity index (χ3v) is 2.36. The largest absolute Gasteiger partial charge is 0.465 e. The topological polar surface area (TPSA) is 43.4 Å². The van der Waals surface area contributed by atoms with E-state index in [1.54, 1.807) is 0 Å². The molecule has 0 aliphatic carbocycles. The molecule has 0 fully saturated rings. The fourth-order valence-electron chi connectivity index (χ4n) is 1.00. The number of hydrogen-bond acceptors (Lipinski definition) is 3. The van der Waals surface area contributed by atoms with Crippen molar-refractivity contribution in [2.75, 3.05) is 7.11 Å². The summed E-state index contributed by atoms with van der Waals surface area (Å²) in [6.45, 7) is 0. The molecule has 0 amide bonds. The first kappa shape index (κ1) is 11.2. The number of rotatable bonds is 2. The van der Waals surface area contributed by atoms with Crippen molar-refractivity contribution in [1.82, 2.24) is 0 Å². The van der Waals surface area contributed by atoms with Crippen LogP contribution in [0.15, 0.2) is 16.6 Å². The zero-order valence-corrected chi connectivity index (χ0v) is 9.55. The average molecular weight is 278 g/mol. The number of carbonyl (C=O) groups is 2. The molecule has 0 N–H and O–H groups in total. The molecule has 0 atom stereocenters. The van der Waals surface area contributed by atoms with Crippen molar-refractivity contribution in [2.45, 2.75) is 0 Å². The number of aldehydes is 1. The van der Waals surface area contributed by atoms with Crippen LogP contribution in [0.3, 0.4) is 0 Å². The highest BCUT2D eigenvalue weighted by molar-refractivity contribution is 9.10. The first-order valence-corrected chi connectivity index (χ1v) is 4.79. The van der Waals surface area contributed by atoms with Gasteiger partial charge in [0.1, 0.15) is 0 Å². The Morgan fingerprint density at radius 3 is 2.71 bits per heavy atom. The second-order valence-corrected chi connectivity index (χ2v) is 3.78. The Labute approximate surface area is 94.1 Å². The van der Waals surface area contributed by atoms with E-state index in [9.17, 15) is 9.59 Å². The molecule has 0 saturated heterocycles. The Hall–Kier alpha value is -0.870. The molecule has 0 bridgehead atoms. The van der Waals surface area contributed by atoms with E-state index >= 15 is 0 Å². The number of hydrogen-bond donors (Lipinski definition) is 0. The molecule has 14 heavy (non-hydrogen) atoms. The lowest BCUT2D eigenvalue weighted by Crippen LogP contribution is -2.06. The first-order chi connectivity index (χ1) is 6.60. The predicted octanol–water partition coefficient (Wildman–Crippen LogP) is 2.70. The van der Waals surface area contributed by atoms with E-state index in [0.29, 0.717) is 10.8 Å². The molecule has 5 heteroatoms. The predicted molar refractivity (Wildman–Crippen MR) is 55.9 cm³/mol. The van der Waals surface area contributed by atoms with Gasteiger partial charge < -0.3 is 4.74 Å². The summed E-state index contributed by atoms with van der Waals surface area (Å²) in [6, 6.07) is 3.03. The molecule has 0 unspecified atom stereocenters. The van der Waals surface area contributed by atoms with Gasteiger partial charge in [0, 0.05) is 10.0 Å². The van der Waals surface area contributed by atoms with Crippen molar-refractivity contribution < 1.29 is 14.3 Å². The van der Waals surface area contributed by atoms with E-state index in [4.69, 9.17) is 11.6 Å². The van der Waals surface area contributed by atoms with Crippen LogP contribution in [0.2, 0.25) is 5.02 Å². The third-order valence-electron chi connectivity index (χ3n) is 1.60. The minimum absolute atomic E-state index is 0.0902. The van der Waals surface area contributed by atoms with E-state index in [0.717, 1.165) is 0 Å². The van der Waals surface area contributed by atoms with Gasteiger partial charge >= 0.3 is 5.97 Å². The van der Waals surface area contributed by atoms with Crippen molar-refractivity contribution in [3.05, 3.63) is 32.8 Å². The summed E-state index contributed by atoms with van der Waals surface area (Å²) in [5.41, 5.74) is 0.295. The van der Waals surface area contributed by atoms with E-state index in [-0.39, 0.29) is 16.1 Å². The van der Waals surface area contributed by atoms with Crippen LogP contribution in [-0.2, 0) is 4.74 Å². The fourth-order valence-corrected chi connectivity index (χ4v) is 1.92. The molecule has 0 radical (unpaired) electrons. The van der Waals surface area contributed by atoms with Gasteiger partial charge in [-0.3, -0.25) is 4.79 Å². The summed E-state index contributed by atoms with van der Waals surface area (Å²) in [5.74, 6) is -0.621. The molecule has 74 valence electrons. The number of methoxy groups -OCH3 is 1. The van der Waals surface area contributed by atoms with Crippen molar-refractivity contribution in [2.24, 2.45) is 0 Å². The molecular weight excluding hydrogens is 271 g/mol. The Kier molecular flexibility index (Phi) is 3.66. The van der Waals surface area contributed by atoms with Gasteiger partial charge in [-0.15, -0.1) is 0 Å². The molecule has 0 aliphatic rings. The zero-order chi connectivity index (χ0) is 10.7. The van der Waals surface area contributed by atoms with Crippen molar-refractivity contribution in [3.8, 4) is 0 Å². The molecule has 0 spiro atoms. The number of ether oxygens (including phenoxy) is 1. The SMILES string of the molecule is COC(=O)c1c(Cl)cc(Br)cc1C=O. The smallest absolute Gasteiger partial charge is 0.340 e. The highest BCUT2D eigenvalue weighted by Gasteiger charge is 2.16. The molecular formula is C9H6BrClO3. The van der Waals surface area contributed by atoms with Crippen molar-refractivity contribution in [3.63, 3.8) is 0 Å². The van der Waals surface area contributed by atoms with Crippen LogP contribution in [0.4, 0.5) is 0 Å². The van der Waals surface area contributed by atoms with E-state index < -0.39 is 5.97 Å². The maximum absolute atomic E-state index is 11.2. The Morgan fingerprint density at radius 2 is 2.21 bits per heavy atom. The average Bonchev–Trinajstić information content (AvgIpc) is 2.15. The Bertz CT molecular complexity index is 390. The van der Waals surface area contributed by atoms with Crippen LogP contribution < -0.4 is 0 Å². The lowest BCUT2D eigenvalue weighted by Gasteiger charge is -2.05. The molecule has 1 aromatic rings. The van der Waals surface area contributed by atoms with Gasteiger partial charge in [0.25, 0.3) is 0 Å². The van der Waals surface area contributed by atoms with Gasteiger partial charge in [0.15, 0.2) is 6.29 Å². The van der Waals surface area contributed by atoms with E-state index in [1.807, 2.05) is 0 Å². The van der Waals surface area contributed by atoms with Gasteiger partial charge in [-0.2, -0.15) is 0 Å². The number of benzene rings is 1. The van der Waals surface area contributed by atoms with E-state index in [1.165, 1.54) is 19.2 Å². The highest BCUT2D eigenvalue weighted by Crippen LogP contribution is 2.25. The normalized spacial score (nSPS) is 9.64. The first-order valence-electron chi connectivity index (χ1n) is 3.62. The fraction of sp³-hybridized carbons (Fsp3) is 0.111. The minimum atomic E-state index is -0.621. The summed E-state index contributed by atoms with van der Waals surface area (Å²) in [7, 11) is 1.23. The molecule has 1 rings (SSSR count). The van der Waals surface area contributed by atoms with Crippen LogP contribution >= 0.6 is 27.5 Å². The van der Waals surface area contributed by atoms with Gasteiger partial charge in [0.2, 0.25) is 0 Å². The standard InChI is InChI=1S/C9H6BrClO3/c1-14-9(13)8-5(4-12)2-6(10)3-7(8)11/h2-4H,1H3. The molecule has 0 heterocycles. The number of halogens is 2. The monoisotopic (exact) mass is 276 g/mol.